The molecular formula is C19H17N3O3. The van der Waals surface area contributed by atoms with Crippen molar-refractivity contribution in [2.75, 3.05) is 4.90 Å². The Balaban J connectivity index is 1.90. The molecule has 2 unspecified atom stereocenters. The normalized spacial score (nSPS) is 22.8. The van der Waals surface area contributed by atoms with Gasteiger partial charge in [0.05, 0.1) is 11.7 Å². The molecule has 2 aromatic carbocycles. The van der Waals surface area contributed by atoms with Crippen molar-refractivity contribution < 1.29 is 14.4 Å². The molecule has 25 heavy (non-hydrogen) atoms. The first kappa shape index (κ1) is 15.4. The van der Waals surface area contributed by atoms with Crippen LogP contribution in [0.1, 0.15) is 29.7 Å². The van der Waals surface area contributed by atoms with Crippen LogP contribution < -0.4 is 15.5 Å². The molecule has 4 rings (SSSR count). The molecule has 2 heterocycles. The Morgan fingerprint density at radius 1 is 1.04 bits per heavy atom. The monoisotopic (exact) mass is 335 g/mol. The third-order valence-electron chi connectivity index (χ3n) is 4.89. The van der Waals surface area contributed by atoms with Crippen molar-refractivity contribution in [2.45, 2.75) is 25.4 Å². The average molecular weight is 335 g/mol. The summed E-state index contributed by atoms with van der Waals surface area (Å²) in [5.74, 6) is -1.06. The van der Waals surface area contributed by atoms with Crippen LogP contribution in [0.3, 0.4) is 0 Å². The van der Waals surface area contributed by atoms with Crippen LogP contribution in [0.2, 0.25) is 0 Å². The van der Waals surface area contributed by atoms with Crippen LogP contribution in [0.15, 0.2) is 48.5 Å². The first-order valence-corrected chi connectivity index (χ1v) is 8.08. The van der Waals surface area contributed by atoms with E-state index in [0.717, 1.165) is 11.1 Å². The fourth-order valence-corrected chi connectivity index (χ4v) is 3.63. The van der Waals surface area contributed by atoms with Crippen LogP contribution in [-0.4, -0.2) is 17.8 Å². The maximum atomic E-state index is 13.3. The van der Waals surface area contributed by atoms with E-state index in [9.17, 15) is 14.4 Å². The molecule has 0 saturated carbocycles. The Hall–Kier alpha value is -3.15. The fraction of sp³-hybridized carbons (Fsp3) is 0.211. The van der Waals surface area contributed by atoms with Gasteiger partial charge >= 0.3 is 6.03 Å². The first-order valence-electron chi connectivity index (χ1n) is 8.08. The number of fused-ring (bicyclic) bond motifs is 2. The zero-order valence-corrected chi connectivity index (χ0v) is 13.9. The quantitative estimate of drug-likeness (QED) is 0.652. The second-order valence-electron chi connectivity index (χ2n) is 6.44. The lowest BCUT2D eigenvalue weighted by molar-refractivity contribution is -0.134. The molecular weight excluding hydrogens is 318 g/mol. The van der Waals surface area contributed by atoms with Gasteiger partial charge in [0.2, 0.25) is 5.54 Å². The van der Waals surface area contributed by atoms with Crippen molar-refractivity contribution in [1.29, 1.82) is 0 Å². The molecule has 0 radical (unpaired) electrons. The minimum atomic E-state index is -1.68. The highest BCUT2D eigenvalue weighted by Gasteiger charge is 2.62. The van der Waals surface area contributed by atoms with Crippen LogP contribution in [-0.2, 0) is 15.1 Å². The zero-order chi connectivity index (χ0) is 17.8. The van der Waals surface area contributed by atoms with E-state index in [4.69, 9.17) is 0 Å². The van der Waals surface area contributed by atoms with E-state index in [0.29, 0.717) is 11.3 Å². The number of carbonyl (C=O) groups excluding carboxylic acids is 3. The highest BCUT2D eigenvalue weighted by Crippen LogP contribution is 2.46. The molecule has 0 bridgehead atoms. The van der Waals surface area contributed by atoms with E-state index < -0.39 is 23.4 Å². The second-order valence-corrected chi connectivity index (χ2v) is 6.44. The van der Waals surface area contributed by atoms with Crippen molar-refractivity contribution in [2.24, 2.45) is 0 Å². The maximum Gasteiger partial charge on any atom is 0.323 e. The topological polar surface area (TPSA) is 78.5 Å². The first-order chi connectivity index (χ1) is 11.9. The zero-order valence-electron chi connectivity index (χ0n) is 13.9. The largest absolute Gasteiger partial charge is 0.323 e. The predicted octanol–water partition coefficient (Wildman–Crippen LogP) is 2.14. The van der Waals surface area contributed by atoms with Crippen molar-refractivity contribution in [3.05, 3.63) is 65.2 Å². The van der Waals surface area contributed by atoms with Gasteiger partial charge in [0.15, 0.2) is 0 Å². The molecule has 6 nitrogen and oxygen atoms in total. The van der Waals surface area contributed by atoms with Crippen LogP contribution in [0.25, 0.3) is 0 Å². The lowest BCUT2D eigenvalue weighted by Crippen LogP contribution is -2.52. The SMILES string of the molecule is Cc1ccc2c(c1)C1(NC(=O)NC1=O)C(=O)N2C(C)c1ccccc1. The van der Waals surface area contributed by atoms with Gasteiger partial charge in [0.1, 0.15) is 0 Å². The van der Waals surface area contributed by atoms with Gasteiger partial charge < -0.3 is 10.2 Å². The van der Waals surface area contributed by atoms with E-state index in [2.05, 4.69) is 10.6 Å². The summed E-state index contributed by atoms with van der Waals surface area (Å²) in [6, 6.07) is 14.2. The summed E-state index contributed by atoms with van der Waals surface area (Å²) in [7, 11) is 0. The Labute approximate surface area is 144 Å². The summed E-state index contributed by atoms with van der Waals surface area (Å²) in [6.45, 7) is 3.79. The minimum Gasteiger partial charge on any atom is -0.312 e. The van der Waals surface area contributed by atoms with Crippen molar-refractivity contribution in [3.8, 4) is 0 Å². The molecule has 1 spiro atoms. The average Bonchev–Trinajstić information content (AvgIpc) is 3.03. The van der Waals surface area contributed by atoms with Gasteiger partial charge in [0.25, 0.3) is 11.8 Å². The third kappa shape index (κ3) is 2.00. The molecule has 6 heteroatoms. The summed E-state index contributed by atoms with van der Waals surface area (Å²) in [5, 5.41) is 4.76. The standard InChI is InChI=1S/C19H17N3O3/c1-11-8-9-15-14(10-11)19(16(23)20-18(25)21-19)17(24)22(15)12(2)13-6-4-3-5-7-13/h3-10,12H,1-2H3,(H2,20,21,23,25). The van der Waals surface area contributed by atoms with Gasteiger partial charge in [-0.25, -0.2) is 4.79 Å². The van der Waals surface area contributed by atoms with Crippen LogP contribution in [0.4, 0.5) is 10.5 Å². The Morgan fingerprint density at radius 2 is 1.76 bits per heavy atom. The number of nitrogens with zero attached hydrogens (tertiary/aromatic N) is 1. The predicted molar refractivity (Wildman–Crippen MR) is 91.9 cm³/mol. The van der Waals surface area contributed by atoms with Gasteiger partial charge in [-0.2, -0.15) is 0 Å². The molecule has 2 aromatic rings. The van der Waals surface area contributed by atoms with E-state index in [-0.39, 0.29) is 6.04 Å². The van der Waals surface area contributed by atoms with Gasteiger partial charge in [-0.15, -0.1) is 0 Å². The van der Waals surface area contributed by atoms with Crippen molar-refractivity contribution in [1.82, 2.24) is 10.6 Å². The van der Waals surface area contributed by atoms with Crippen molar-refractivity contribution in [3.63, 3.8) is 0 Å². The van der Waals surface area contributed by atoms with E-state index in [1.807, 2.05) is 56.3 Å². The minimum absolute atomic E-state index is 0.278. The summed E-state index contributed by atoms with van der Waals surface area (Å²) >= 11 is 0. The van der Waals surface area contributed by atoms with Gasteiger partial charge in [-0.05, 0) is 25.5 Å². The lowest BCUT2D eigenvalue weighted by atomic mass is 9.90. The number of nitrogens with one attached hydrogen (secondary N) is 2. The van der Waals surface area contributed by atoms with Crippen LogP contribution in [0, 0.1) is 6.92 Å². The lowest BCUT2D eigenvalue weighted by Gasteiger charge is -2.27. The van der Waals surface area contributed by atoms with E-state index >= 15 is 0 Å². The summed E-state index contributed by atoms with van der Waals surface area (Å²) < 4.78 is 0. The number of anilines is 1. The molecule has 2 aliphatic rings. The number of hydrogen-bond donors (Lipinski definition) is 2. The molecule has 0 aliphatic carbocycles. The Bertz CT molecular complexity index is 909. The molecule has 2 aliphatic heterocycles. The fourth-order valence-electron chi connectivity index (χ4n) is 3.63. The smallest absolute Gasteiger partial charge is 0.312 e. The maximum absolute atomic E-state index is 13.3. The van der Waals surface area contributed by atoms with Gasteiger partial charge in [0, 0.05) is 5.56 Å². The number of hydrogen-bond acceptors (Lipinski definition) is 3. The Morgan fingerprint density at radius 3 is 2.40 bits per heavy atom. The second kappa shape index (κ2) is 5.17. The highest BCUT2D eigenvalue weighted by atomic mass is 16.2. The molecule has 1 saturated heterocycles. The van der Waals surface area contributed by atoms with Gasteiger partial charge in [-0.3, -0.25) is 14.9 Å². The summed E-state index contributed by atoms with van der Waals surface area (Å²) in [6.07, 6.45) is 0. The molecule has 1 fully saturated rings. The van der Waals surface area contributed by atoms with E-state index in [1.54, 1.807) is 11.0 Å². The number of imide groups is 1. The molecule has 2 atom stereocenters. The van der Waals surface area contributed by atoms with Crippen LogP contribution in [0.5, 0.6) is 0 Å². The molecule has 0 aromatic heterocycles. The number of urea groups is 1. The molecule has 126 valence electrons. The molecule has 2 N–H and O–H groups in total. The number of amides is 4. The number of aryl methyl sites for hydroxylation is 1. The number of rotatable bonds is 2. The highest BCUT2D eigenvalue weighted by molar-refractivity contribution is 6.27. The number of carbonyl (C=O) groups is 3. The molecule has 4 amide bonds. The third-order valence-corrected chi connectivity index (χ3v) is 4.89. The Kier molecular flexibility index (Phi) is 3.18. The van der Waals surface area contributed by atoms with Crippen molar-refractivity contribution >= 4 is 23.5 Å². The number of benzene rings is 2. The summed E-state index contributed by atoms with van der Waals surface area (Å²) in [5.41, 5.74) is 1.34. The van der Waals surface area contributed by atoms with Gasteiger partial charge in [-0.1, -0.05) is 48.0 Å². The van der Waals surface area contributed by atoms with Crippen LogP contribution >= 0.6 is 0 Å². The summed E-state index contributed by atoms with van der Waals surface area (Å²) in [4.78, 5) is 39.3. The van der Waals surface area contributed by atoms with E-state index in [1.165, 1.54) is 0 Å².